The van der Waals surface area contributed by atoms with E-state index < -0.39 is 6.10 Å². The van der Waals surface area contributed by atoms with Crippen molar-refractivity contribution in [2.24, 2.45) is 0 Å². The summed E-state index contributed by atoms with van der Waals surface area (Å²) in [6, 6.07) is 15.3. The third-order valence-corrected chi connectivity index (χ3v) is 4.14. The number of aliphatic hydroxyl groups excluding tert-OH is 1. The molecule has 2 aromatic carbocycles. The zero-order valence-electron chi connectivity index (χ0n) is 16.1. The fourth-order valence-corrected chi connectivity index (χ4v) is 2.67. The Balaban J connectivity index is 1.98. The number of rotatable bonds is 8. The van der Waals surface area contributed by atoms with Crippen LogP contribution >= 0.6 is 0 Å². The van der Waals surface area contributed by atoms with E-state index in [0.29, 0.717) is 13.2 Å². The summed E-state index contributed by atoms with van der Waals surface area (Å²) >= 11 is 0. The lowest BCUT2D eigenvalue weighted by atomic mass is 9.96. The summed E-state index contributed by atoms with van der Waals surface area (Å²) in [6.07, 6.45) is -0.230. The SMILES string of the molecule is CC#C[C@@H](CC(=O)OCC)c1ccc(OCc2ccc(C(C)O)cc2)cc1. The zero-order chi connectivity index (χ0) is 19.6. The van der Waals surface area contributed by atoms with Crippen LogP contribution in [0.4, 0.5) is 0 Å². The Morgan fingerprint density at radius 1 is 1.07 bits per heavy atom. The highest BCUT2D eigenvalue weighted by molar-refractivity contribution is 5.71. The minimum absolute atomic E-state index is 0.184. The van der Waals surface area contributed by atoms with Gasteiger partial charge in [-0.15, -0.1) is 5.92 Å². The molecular formula is C23H26O4. The second kappa shape index (κ2) is 10.4. The highest BCUT2D eigenvalue weighted by Gasteiger charge is 2.15. The maximum absolute atomic E-state index is 11.8. The lowest BCUT2D eigenvalue weighted by molar-refractivity contribution is -0.143. The second-order valence-electron chi connectivity index (χ2n) is 6.23. The number of aliphatic hydroxyl groups is 1. The van der Waals surface area contributed by atoms with E-state index in [2.05, 4.69) is 11.8 Å². The van der Waals surface area contributed by atoms with E-state index in [1.807, 2.05) is 48.5 Å². The van der Waals surface area contributed by atoms with E-state index in [1.54, 1.807) is 20.8 Å². The Labute approximate surface area is 161 Å². The van der Waals surface area contributed by atoms with Gasteiger partial charge >= 0.3 is 5.97 Å². The summed E-state index contributed by atoms with van der Waals surface area (Å²) in [7, 11) is 0. The minimum Gasteiger partial charge on any atom is -0.489 e. The first kappa shape index (κ1) is 20.5. The maximum atomic E-state index is 11.8. The Hall–Kier alpha value is -2.77. The van der Waals surface area contributed by atoms with Gasteiger partial charge in [0.05, 0.1) is 25.0 Å². The van der Waals surface area contributed by atoms with Crippen LogP contribution in [0.1, 0.15) is 55.9 Å². The van der Waals surface area contributed by atoms with Gasteiger partial charge in [-0.2, -0.15) is 0 Å². The van der Waals surface area contributed by atoms with Crippen LogP contribution in [-0.2, 0) is 16.1 Å². The highest BCUT2D eigenvalue weighted by Crippen LogP contribution is 2.23. The average molecular weight is 366 g/mol. The van der Waals surface area contributed by atoms with Gasteiger partial charge in [0.15, 0.2) is 0 Å². The van der Waals surface area contributed by atoms with Crippen molar-refractivity contribution in [3.8, 4) is 17.6 Å². The number of hydrogen-bond donors (Lipinski definition) is 1. The monoisotopic (exact) mass is 366 g/mol. The second-order valence-corrected chi connectivity index (χ2v) is 6.23. The fourth-order valence-electron chi connectivity index (χ4n) is 2.67. The molecular weight excluding hydrogens is 340 g/mol. The summed E-state index contributed by atoms with van der Waals surface area (Å²) in [5.74, 6) is 6.27. The number of carbonyl (C=O) groups excluding carboxylic acids is 1. The van der Waals surface area contributed by atoms with Gasteiger partial charge in [0.25, 0.3) is 0 Å². The molecule has 0 amide bonds. The normalized spacial score (nSPS) is 12.4. The smallest absolute Gasteiger partial charge is 0.307 e. The third-order valence-electron chi connectivity index (χ3n) is 4.14. The van der Waals surface area contributed by atoms with Crippen molar-refractivity contribution >= 4 is 5.97 Å². The van der Waals surface area contributed by atoms with Gasteiger partial charge in [-0.25, -0.2) is 0 Å². The average Bonchev–Trinajstić information content (AvgIpc) is 2.67. The van der Waals surface area contributed by atoms with E-state index in [-0.39, 0.29) is 18.3 Å². The maximum Gasteiger partial charge on any atom is 0.307 e. The topological polar surface area (TPSA) is 55.8 Å². The molecule has 0 saturated heterocycles. The van der Waals surface area contributed by atoms with Crippen LogP contribution in [0.2, 0.25) is 0 Å². The van der Waals surface area contributed by atoms with Gasteiger partial charge in [-0.1, -0.05) is 42.3 Å². The number of hydrogen-bond acceptors (Lipinski definition) is 4. The largest absolute Gasteiger partial charge is 0.489 e. The summed E-state index contributed by atoms with van der Waals surface area (Å²) in [4.78, 5) is 11.8. The molecule has 0 aliphatic heterocycles. The Kier molecular flexibility index (Phi) is 7.91. The molecule has 142 valence electrons. The molecule has 4 heteroatoms. The lowest BCUT2D eigenvalue weighted by Crippen LogP contribution is -2.09. The number of ether oxygens (including phenoxy) is 2. The molecule has 0 fully saturated rings. The Morgan fingerprint density at radius 3 is 2.26 bits per heavy atom. The van der Waals surface area contributed by atoms with Crippen LogP contribution in [0.3, 0.4) is 0 Å². The predicted octanol–water partition coefficient (Wildman–Crippen LogP) is 4.38. The van der Waals surface area contributed by atoms with Crippen LogP contribution in [0.5, 0.6) is 5.75 Å². The first-order valence-corrected chi connectivity index (χ1v) is 9.11. The standard InChI is InChI=1S/C23H26O4/c1-4-6-21(15-23(25)26-5-2)20-11-13-22(14-12-20)27-16-18-7-9-19(10-8-18)17(3)24/h7-14,17,21,24H,5,15-16H2,1-3H3/t17?,21-/m0/s1. The van der Waals surface area contributed by atoms with Crippen LogP contribution in [-0.4, -0.2) is 17.7 Å². The van der Waals surface area contributed by atoms with Gasteiger partial charge in [0.2, 0.25) is 0 Å². The molecule has 2 atom stereocenters. The van der Waals surface area contributed by atoms with Gasteiger partial charge in [-0.05, 0) is 49.6 Å². The van der Waals surface area contributed by atoms with Gasteiger partial charge in [0, 0.05) is 0 Å². The quantitative estimate of drug-likeness (QED) is 0.556. The first-order valence-electron chi connectivity index (χ1n) is 9.11. The fraction of sp³-hybridized carbons (Fsp3) is 0.348. The number of esters is 1. The molecule has 0 aliphatic carbocycles. The van der Waals surface area contributed by atoms with Crippen molar-refractivity contribution in [3.05, 3.63) is 65.2 Å². The van der Waals surface area contributed by atoms with Crippen LogP contribution < -0.4 is 4.74 Å². The van der Waals surface area contributed by atoms with E-state index in [9.17, 15) is 9.90 Å². The first-order chi connectivity index (χ1) is 13.0. The molecule has 0 bridgehead atoms. The molecule has 0 radical (unpaired) electrons. The number of benzene rings is 2. The Morgan fingerprint density at radius 2 is 1.70 bits per heavy atom. The van der Waals surface area contributed by atoms with Crippen LogP contribution in [0.25, 0.3) is 0 Å². The predicted molar refractivity (Wildman–Crippen MR) is 105 cm³/mol. The molecule has 2 aromatic rings. The minimum atomic E-state index is -0.471. The van der Waals surface area contributed by atoms with Crippen LogP contribution in [0.15, 0.2) is 48.5 Å². The molecule has 4 nitrogen and oxygen atoms in total. The van der Waals surface area contributed by atoms with Crippen molar-refractivity contribution in [1.82, 2.24) is 0 Å². The van der Waals surface area contributed by atoms with E-state index in [1.165, 1.54) is 0 Å². The summed E-state index contributed by atoms with van der Waals surface area (Å²) in [5.41, 5.74) is 2.87. The van der Waals surface area contributed by atoms with Gasteiger partial charge < -0.3 is 14.6 Å². The highest BCUT2D eigenvalue weighted by atomic mass is 16.5. The van der Waals surface area contributed by atoms with E-state index >= 15 is 0 Å². The van der Waals surface area contributed by atoms with Crippen molar-refractivity contribution in [2.75, 3.05) is 6.61 Å². The van der Waals surface area contributed by atoms with Crippen molar-refractivity contribution in [1.29, 1.82) is 0 Å². The molecule has 0 aromatic heterocycles. The number of carbonyl (C=O) groups is 1. The summed E-state index contributed by atoms with van der Waals surface area (Å²) in [6.45, 7) is 6.11. The van der Waals surface area contributed by atoms with Gasteiger partial charge in [-0.3, -0.25) is 4.79 Å². The summed E-state index contributed by atoms with van der Waals surface area (Å²) in [5, 5.41) is 9.55. The molecule has 1 unspecified atom stereocenters. The molecule has 2 rings (SSSR count). The van der Waals surface area contributed by atoms with Crippen molar-refractivity contribution in [2.45, 2.75) is 45.8 Å². The molecule has 0 heterocycles. The van der Waals surface area contributed by atoms with Crippen molar-refractivity contribution < 1.29 is 19.4 Å². The van der Waals surface area contributed by atoms with E-state index in [4.69, 9.17) is 9.47 Å². The van der Waals surface area contributed by atoms with Crippen LogP contribution in [0, 0.1) is 11.8 Å². The van der Waals surface area contributed by atoms with E-state index in [0.717, 1.165) is 22.4 Å². The Bertz CT molecular complexity index is 780. The molecule has 0 spiro atoms. The lowest BCUT2D eigenvalue weighted by Gasteiger charge is -2.12. The van der Waals surface area contributed by atoms with Crippen molar-refractivity contribution in [3.63, 3.8) is 0 Å². The third kappa shape index (κ3) is 6.47. The molecule has 1 N–H and O–H groups in total. The summed E-state index contributed by atoms with van der Waals surface area (Å²) < 4.78 is 10.8. The molecule has 0 aliphatic rings. The zero-order valence-corrected chi connectivity index (χ0v) is 16.1. The molecule has 0 saturated carbocycles. The molecule has 27 heavy (non-hydrogen) atoms. The van der Waals surface area contributed by atoms with Gasteiger partial charge in [0.1, 0.15) is 12.4 Å².